The third-order valence-electron chi connectivity index (χ3n) is 2.74. The van der Waals surface area contributed by atoms with E-state index < -0.39 is 16.4 Å². The minimum Gasteiger partial charge on any atom is -0.375 e. The summed E-state index contributed by atoms with van der Waals surface area (Å²) in [5, 5.41) is 22.3. The zero-order valence-corrected chi connectivity index (χ0v) is 10.3. The van der Waals surface area contributed by atoms with Gasteiger partial charge in [-0.3, -0.25) is 10.1 Å². The lowest BCUT2D eigenvalue weighted by molar-refractivity contribution is -0.386. The van der Waals surface area contributed by atoms with Crippen LogP contribution in [0.4, 0.5) is 15.8 Å². The van der Waals surface area contributed by atoms with Gasteiger partial charge in [-0.25, -0.2) is 0 Å². The van der Waals surface area contributed by atoms with Crippen LogP contribution < -0.4 is 5.32 Å². The van der Waals surface area contributed by atoms with Crippen LogP contribution in [-0.4, -0.2) is 4.92 Å². The summed E-state index contributed by atoms with van der Waals surface area (Å²) in [6, 6.07) is 12.7. The summed E-state index contributed by atoms with van der Waals surface area (Å²) in [5.41, 5.74) is 0.925. The number of anilines is 1. The molecule has 0 saturated carbocycles. The number of benzene rings is 2. The second kappa shape index (κ2) is 5.80. The van der Waals surface area contributed by atoms with Crippen LogP contribution in [0.25, 0.3) is 0 Å². The lowest BCUT2D eigenvalue weighted by atomic mass is 10.1. The molecule has 0 amide bonds. The molecule has 0 fully saturated rings. The fraction of sp³-hybridized carbons (Fsp3) is 0.0714. The maximum atomic E-state index is 13.4. The molecule has 0 aliphatic rings. The van der Waals surface area contributed by atoms with Gasteiger partial charge in [0.25, 0.3) is 0 Å². The summed E-state index contributed by atoms with van der Waals surface area (Å²) < 4.78 is 13.4. The monoisotopic (exact) mass is 271 g/mol. The Bertz CT molecular complexity index is 678. The van der Waals surface area contributed by atoms with E-state index in [2.05, 4.69) is 5.32 Å². The zero-order chi connectivity index (χ0) is 14.5. The molecule has 0 radical (unpaired) electrons. The molecule has 0 saturated heterocycles. The van der Waals surface area contributed by atoms with Crippen molar-refractivity contribution in [2.45, 2.75) is 6.54 Å². The fourth-order valence-corrected chi connectivity index (χ4v) is 1.74. The average Bonchev–Trinajstić information content (AvgIpc) is 2.45. The van der Waals surface area contributed by atoms with E-state index in [1.54, 1.807) is 24.3 Å². The molecule has 0 bridgehead atoms. The number of para-hydroxylation sites is 1. The molecule has 2 rings (SSSR count). The van der Waals surface area contributed by atoms with Crippen molar-refractivity contribution in [2.24, 2.45) is 0 Å². The highest BCUT2D eigenvalue weighted by atomic mass is 19.1. The summed E-state index contributed by atoms with van der Waals surface area (Å²) in [6.07, 6.45) is 0. The van der Waals surface area contributed by atoms with Gasteiger partial charge in [0.1, 0.15) is 5.69 Å². The highest BCUT2D eigenvalue weighted by Crippen LogP contribution is 2.27. The number of nitro benzene ring substituents is 1. The predicted molar refractivity (Wildman–Crippen MR) is 71.5 cm³/mol. The van der Waals surface area contributed by atoms with E-state index in [1.807, 2.05) is 6.07 Å². The van der Waals surface area contributed by atoms with Crippen LogP contribution in [0.15, 0.2) is 42.5 Å². The Labute approximate surface area is 114 Å². The maximum absolute atomic E-state index is 13.4. The molecule has 0 spiro atoms. The Balaban J connectivity index is 2.16. The third kappa shape index (κ3) is 2.90. The van der Waals surface area contributed by atoms with Crippen molar-refractivity contribution in [1.29, 1.82) is 5.26 Å². The molecule has 0 heterocycles. The average molecular weight is 271 g/mol. The zero-order valence-electron chi connectivity index (χ0n) is 10.3. The number of rotatable bonds is 4. The van der Waals surface area contributed by atoms with Crippen molar-refractivity contribution in [3.63, 3.8) is 0 Å². The van der Waals surface area contributed by atoms with E-state index in [1.165, 1.54) is 12.1 Å². The largest absolute Gasteiger partial charge is 0.375 e. The summed E-state index contributed by atoms with van der Waals surface area (Å²) in [7, 11) is 0. The first-order chi connectivity index (χ1) is 9.61. The molecule has 100 valence electrons. The molecule has 20 heavy (non-hydrogen) atoms. The SMILES string of the molecule is N#Cc1ccc(CNc2cccc(F)c2[N+](=O)[O-])cc1. The summed E-state index contributed by atoms with van der Waals surface area (Å²) in [4.78, 5) is 10.1. The number of nitrogens with one attached hydrogen (secondary N) is 1. The van der Waals surface area contributed by atoms with Crippen molar-refractivity contribution >= 4 is 11.4 Å². The van der Waals surface area contributed by atoms with E-state index in [-0.39, 0.29) is 5.69 Å². The normalized spacial score (nSPS) is 9.80. The predicted octanol–water partition coefficient (Wildman–Crippen LogP) is 3.22. The Morgan fingerprint density at radius 1 is 1.25 bits per heavy atom. The standard InChI is InChI=1S/C14H10FN3O2/c15-12-2-1-3-13(14(12)18(19)20)17-9-11-6-4-10(8-16)5-7-11/h1-7,17H,9H2. The van der Waals surface area contributed by atoms with Gasteiger partial charge < -0.3 is 5.32 Å². The van der Waals surface area contributed by atoms with E-state index >= 15 is 0 Å². The summed E-state index contributed by atoms with van der Waals surface area (Å²) in [5.74, 6) is -0.875. The van der Waals surface area contributed by atoms with Crippen molar-refractivity contribution < 1.29 is 9.31 Å². The number of hydrogen-bond donors (Lipinski definition) is 1. The Kier molecular flexibility index (Phi) is 3.91. The highest BCUT2D eigenvalue weighted by Gasteiger charge is 2.19. The Morgan fingerprint density at radius 3 is 2.55 bits per heavy atom. The van der Waals surface area contributed by atoms with Gasteiger partial charge >= 0.3 is 5.69 Å². The number of hydrogen-bond acceptors (Lipinski definition) is 4. The van der Waals surface area contributed by atoms with E-state index in [9.17, 15) is 14.5 Å². The first-order valence-corrected chi connectivity index (χ1v) is 5.77. The second-order valence-electron chi connectivity index (χ2n) is 4.06. The molecular weight excluding hydrogens is 261 g/mol. The lowest BCUT2D eigenvalue weighted by Gasteiger charge is -2.07. The summed E-state index contributed by atoms with van der Waals surface area (Å²) in [6.45, 7) is 0.302. The van der Waals surface area contributed by atoms with Gasteiger partial charge in [0.05, 0.1) is 16.6 Å². The minimum atomic E-state index is -0.875. The molecule has 2 aromatic carbocycles. The summed E-state index contributed by atoms with van der Waals surface area (Å²) >= 11 is 0. The van der Waals surface area contributed by atoms with Gasteiger partial charge in [0.15, 0.2) is 0 Å². The van der Waals surface area contributed by atoms with Gasteiger partial charge in [0.2, 0.25) is 5.82 Å². The molecule has 2 aromatic rings. The van der Waals surface area contributed by atoms with Crippen LogP contribution >= 0.6 is 0 Å². The molecule has 0 atom stereocenters. The third-order valence-corrected chi connectivity index (χ3v) is 2.74. The van der Waals surface area contributed by atoms with E-state index in [0.717, 1.165) is 11.6 Å². The molecule has 6 heteroatoms. The van der Waals surface area contributed by atoms with Gasteiger partial charge in [-0.2, -0.15) is 9.65 Å². The smallest absolute Gasteiger partial charge is 0.327 e. The van der Waals surface area contributed by atoms with Crippen LogP contribution in [0.2, 0.25) is 0 Å². The van der Waals surface area contributed by atoms with E-state index in [0.29, 0.717) is 12.1 Å². The van der Waals surface area contributed by atoms with Crippen molar-refractivity contribution in [1.82, 2.24) is 0 Å². The second-order valence-corrected chi connectivity index (χ2v) is 4.06. The Hall–Kier alpha value is -2.94. The van der Waals surface area contributed by atoms with Gasteiger partial charge in [-0.15, -0.1) is 0 Å². The van der Waals surface area contributed by atoms with Crippen molar-refractivity contribution in [3.05, 3.63) is 69.5 Å². The Morgan fingerprint density at radius 2 is 1.95 bits per heavy atom. The number of nitro groups is 1. The van der Waals surface area contributed by atoms with Gasteiger partial charge in [-0.1, -0.05) is 18.2 Å². The highest BCUT2D eigenvalue weighted by molar-refractivity contribution is 5.62. The van der Waals surface area contributed by atoms with E-state index in [4.69, 9.17) is 5.26 Å². The molecule has 0 aliphatic carbocycles. The first-order valence-electron chi connectivity index (χ1n) is 5.77. The van der Waals surface area contributed by atoms with Crippen molar-refractivity contribution in [3.8, 4) is 6.07 Å². The van der Waals surface area contributed by atoms with Gasteiger partial charge in [0, 0.05) is 6.54 Å². The van der Waals surface area contributed by atoms with Crippen molar-refractivity contribution in [2.75, 3.05) is 5.32 Å². The van der Waals surface area contributed by atoms with Crippen LogP contribution in [0.5, 0.6) is 0 Å². The number of nitrogens with zero attached hydrogens (tertiary/aromatic N) is 2. The fourth-order valence-electron chi connectivity index (χ4n) is 1.74. The van der Waals surface area contributed by atoms with Crippen LogP contribution in [0, 0.1) is 27.3 Å². The molecular formula is C14H10FN3O2. The minimum absolute atomic E-state index is 0.124. The van der Waals surface area contributed by atoms with Crippen LogP contribution in [0.1, 0.15) is 11.1 Å². The molecule has 5 nitrogen and oxygen atoms in total. The lowest BCUT2D eigenvalue weighted by Crippen LogP contribution is -2.04. The molecule has 0 aromatic heterocycles. The molecule has 1 N–H and O–H groups in total. The maximum Gasteiger partial charge on any atom is 0.327 e. The molecule has 0 unspecified atom stereocenters. The molecule has 0 aliphatic heterocycles. The van der Waals surface area contributed by atoms with Crippen LogP contribution in [0.3, 0.4) is 0 Å². The first kappa shape index (κ1) is 13.5. The van der Waals surface area contributed by atoms with Gasteiger partial charge in [-0.05, 0) is 29.8 Å². The topological polar surface area (TPSA) is 79.0 Å². The number of nitriles is 1. The van der Waals surface area contributed by atoms with Crippen LogP contribution in [-0.2, 0) is 6.54 Å². The number of halogens is 1. The quantitative estimate of drug-likeness (QED) is 0.684.